The number of unbranched alkanes of at least 4 members (excludes halogenated alkanes) is 19. The van der Waals surface area contributed by atoms with Gasteiger partial charge in [-0.15, -0.1) is 0 Å². The third-order valence-electron chi connectivity index (χ3n) is 12.8. The number of hydrogen-bond donors (Lipinski definition) is 0. The van der Waals surface area contributed by atoms with Gasteiger partial charge in [0.2, 0.25) is 0 Å². The molecule has 76 heavy (non-hydrogen) atoms. The molecule has 0 saturated heterocycles. The second kappa shape index (κ2) is 62.2. The highest BCUT2D eigenvalue weighted by molar-refractivity contribution is 8.77. The van der Waals surface area contributed by atoms with Gasteiger partial charge >= 0.3 is 23.9 Å². The molecule has 0 N–H and O–H groups in total. The average molecular weight is 1180 g/mol. The van der Waals surface area contributed by atoms with E-state index in [1.807, 2.05) is 32.4 Å². The van der Waals surface area contributed by atoms with Crippen molar-refractivity contribution in [3.8, 4) is 0 Å². The molecule has 11 nitrogen and oxygen atoms in total. The van der Waals surface area contributed by atoms with Crippen molar-refractivity contribution in [1.29, 1.82) is 0 Å². The van der Waals surface area contributed by atoms with Crippen LogP contribution in [0.2, 0.25) is 0 Å². The minimum atomic E-state index is -0.197. The Morgan fingerprint density at radius 3 is 0.961 bits per heavy atom. The highest BCUT2D eigenvalue weighted by atomic mass is 33.1. The molecular formula is C59H113N3O8S6. The summed E-state index contributed by atoms with van der Waals surface area (Å²) < 4.78 is 22.4. The summed E-state index contributed by atoms with van der Waals surface area (Å²) in [6, 6.07) is 0. The molecule has 0 aromatic heterocycles. The number of nitrogens with zero attached hydrogens (tertiary/aromatic N) is 3. The lowest BCUT2D eigenvalue weighted by Gasteiger charge is -2.25. The lowest BCUT2D eigenvalue weighted by atomic mass is 10.1. The number of rotatable bonds is 61. The predicted octanol–water partition coefficient (Wildman–Crippen LogP) is 16.2. The molecule has 448 valence electrons. The van der Waals surface area contributed by atoms with Crippen LogP contribution in [0.1, 0.15) is 220 Å². The van der Waals surface area contributed by atoms with Crippen LogP contribution in [0.5, 0.6) is 0 Å². The first kappa shape index (κ1) is 75.6. The standard InChI is InChI=1S/C59H113N3O8S6/c1-6-10-14-18-22-23-24-28-46-67-56(63)34-42-61(43-35-57(64)68-47-53-74-71-50-29-25-19-15-11-7-2)40-32-38-60(5)39-33-41-62(44-36-58(65)69-48-54-75-72-51-30-26-20-16-12-8-3)45-37-59(66)70-49-55-76-73-52-31-27-21-17-13-9-4/h22-23H,6-21,24-55H2,1-5H3/b23-22-. The maximum atomic E-state index is 12.8. The van der Waals surface area contributed by atoms with E-state index < -0.39 is 0 Å². The Balaban J connectivity index is 5.05. The minimum absolute atomic E-state index is 0.194. The van der Waals surface area contributed by atoms with Crippen molar-refractivity contribution in [3.63, 3.8) is 0 Å². The zero-order valence-electron chi connectivity index (χ0n) is 49.2. The summed E-state index contributed by atoms with van der Waals surface area (Å²) in [4.78, 5) is 57.9. The Bertz CT molecular complexity index is 1290. The number of carbonyl (C=O) groups is 4. The van der Waals surface area contributed by atoms with Crippen LogP contribution in [0.15, 0.2) is 12.2 Å². The summed E-state index contributed by atoms with van der Waals surface area (Å²) in [6.07, 6.45) is 37.3. The molecule has 0 unspecified atom stereocenters. The van der Waals surface area contributed by atoms with Gasteiger partial charge in [0.1, 0.15) is 19.8 Å². The lowest BCUT2D eigenvalue weighted by molar-refractivity contribution is -0.145. The van der Waals surface area contributed by atoms with Gasteiger partial charge in [-0.2, -0.15) is 0 Å². The third kappa shape index (κ3) is 58.3. The first-order valence-corrected chi connectivity index (χ1v) is 37.9. The summed E-state index contributed by atoms with van der Waals surface area (Å²) in [5.41, 5.74) is 0. The van der Waals surface area contributed by atoms with Crippen LogP contribution in [-0.2, 0) is 38.1 Å². The zero-order valence-corrected chi connectivity index (χ0v) is 54.1. The van der Waals surface area contributed by atoms with Crippen molar-refractivity contribution < 1.29 is 38.1 Å². The van der Waals surface area contributed by atoms with Crippen LogP contribution < -0.4 is 0 Å². The summed E-state index contributed by atoms with van der Waals surface area (Å²) in [5.74, 6) is 5.00. The van der Waals surface area contributed by atoms with E-state index in [1.54, 1.807) is 32.4 Å². The van der Waals surface area contributed by atoms with Gasteiger partial charge < -0.3 is 33.6 Å². The molecule has 0 saturated carbocycles. The van der Waals surface area contributed by atoms with Gasteiger partial charge in [-0.05, 0) is 91.0 Å². The molecule has 0 atom stereocenters. The number of ether oxygens (including phenoxy) is 4. The topological polar surface area (TPSA) is 115 Å². The quantitative estimate of drug-likeness (QED) is 0.0189. The van der Waals surface area contributed by atoms with E-state index in [1.165, 1.54) is 135 Å². The van der Waals surface area contributed by atoms with Crippen LogP contribution >= 0.6 is 64.8 Å². The van der Waals surface area contributed by atoms with Crippen LogP contribution in [0.4, 0.5) is 0 Å². The SMILES string of the molecule is CCCCC/C=C\CCCOC(=O)CCN(CCCN(C)CCCN(CCC(=O)OCCSSCCCCCCCC)CCC(=O)OCCSSCCCCCCCC)CCC(=O)OCCSSCCCCCCCC. The van der Waals surface area contributed by atoms with E-state index in [4.69, 9.17) is 18.9 Å². The molecule has 0 aromatic carbocycles. The second-order valence-corrected chi connectivity index (χ2v) is 28.0. The molecule has 0 aliphatic heterocycles. The van der Waals surface area contributed by atoms with Gasteiger partial charge in [0.15, 0.2) is 0 Å². The molecule has 0 amide bonds. The van der Waals surface area contributed by atoms with Gasteiger partial charge in [-0.1, -0.05) is 214 Å². The van der Waals surface area contributed by atoms with Crippen molar-refractivity contribution in [2.75, 3.05) is 120 Å². The van der Waals surface area contributed by atoms with Gasteiger partial charge in [-0.25, -0.2) is 0 Å². The maximum absolute atomic E-state index is 12.8. The van der Waals surface area contributed by atoms with Crippen LogP contribution in [0.3, 0.4) is 0 Å². The Morgan fingerprint density at radius 2 is 0.605 bits per heavy atom. The van der Waals surface area contributed by atoms with Crippen molar-refractivity contribution >= 4 is 88.6 Å². The van der Waals surface area contributed by atoms with Crippen molar-refractivity contribution in [3.05, 3.63) is 12.2 Å². The van der Waals surface area contributed by atoms with E-state index in [0.29, 0.717) is 52.6 Å². The molecule has 0 aliphatic carbocycles. The summed E-state index contributed by atoms with van der Waals surface area (Å²) in [6.45, 7) is 16.0. The maximum Gasteiger partial charge on any atom is 0.307 e. The fraction of sp³-hybridized carbons (Fsp3) is 0.898. The zero-order chi connectivity index (χ0) is 55.5. The summed E-state index contributed by atoms with van der Waals surface area (Å²) >= 11 is 0. The molecule has 0 bridgehead atoms. The average Bonchev–Trinajstić information content (AvgIpc) is 3.41. The minimum Gasteiger partial charge on any atom is -0.466 e. The Kier molecular flexibility index (Phi) is 61.9. The van der Waals surface area contributed by atoms with E-state index in [2.05, 4.69) is 61.6 Å². The van der Waals surface area contributed by atoms with E-state index in [9.17, 15) is 19.2 Å². The first-order valence-electron chi connectivity index (χ1n) is 30.4. The fourth-order valence-corrected chi connectivity index (χ4v) is 14.0. The normalized spacial score (nSPS) is 11.7. The van der Waals surface area contributed by atoms with Crippen LogP contribution in [-0.4, -0.2) is 159 Å². The lowest BCUT2D eigenvalue weighted by Crippen LogP contribution is -2.34. The largest absolute Gasteiger partial charge is 0.466 e. The molecule has 17 heteroatoms. The highest BCUT2D eigenvalue weighted by Crippen LogP contribution is 2.25. The second-order valence-electron chi connectivity index (χ2n) is 19.9. The molecule has 0 aliphatic rings. The molecule has 0 radical (unpaired) electrons. The van der Waals surface area contributed by atoms with Crippen molar-refractivity contribution in [2.45, 2.75) is 220 Å². The van der Waals surface area contributed by atoms with Crippen LogP contribution in [0, 0.1) is 0 Å². The van der Waals surface area contributed by atoms with E-state index in [-0.39, 0.29) is 49.6 Å². The highest BCUT2D eigenvalue weighted by Gasteiger charge is 2.16. The molecule has 0 heterocycles. The van der Waals surface area contributed by atoms with Crippen molar-refractivity contribution in [2.24, 2.45) is 0 Å². The third-order valence-corrected chi connectivity index (χ3v) is 20.1. The van der Waals surface area contributed by atoms with Gasteiger partial charge in [-0.3, -0.25) is 19.2 Å². The monoisotopic (exact) mass is 1180 g/mol. The van der Waals surface area contributed by atoms with Gasteiger partial charge in [0, 0.05) is 60.7 Å². The molecule has 0 spiro atoms. The number of esters is 4. The van der Waals surface area contributed by atoms with Crippen molar-refractivity contribution in [1.82, 2.24) is 14.7 Å². The Labute approximate surface area is 491 Å². The fourth-order valence-electron chi connectivity index (χ4n) is 8.08. The summed E-state index contributed by atoms with van der Waals surface area (Å²) in [5, 5.41) is 0. The Morgan fingerprint density at radius 1 is 0.316 bits per heavy atom. The summed E-state index contributed by atoms with van der Waals surface area (Å²) in [7, 11) is 13.1. The first-order chi connectivity index (χ1) is 37.2. The molecule has 0 rings (SSSR count). The smallest absolute Gasteiger partial charge is 0.307 e. The predicted molar refractivity (Wildman–Crippen MR) is 339 cm³/mol. The van der Waals surface area contributed by atoms with E-state index in [0.717, 1.165) is 92.8 Å². The Hall–Kier alpha value is -0.400. The molecular weight excluding hydrogens is 1070 g/mol. The number of carbonyl (C=O) groups excluding carboxylic acids is 4. The van der Waals surface area contributed by atoms with Gasteiger partial charge in [0.05, 0.1) is 32.3 Å². The number of hydrogen-bond acceptors (Lipinski definition) is 17. The molecule has 0 fully saturated rings. The van der Waals surface area contributed by atoms with E-state index >= 15 is 0 Å². The number of allylic oxidation sites excluding steroid dienone is 2. The van der Waals surface area contributed by atoms with Crippen LogP contribution in [0.25, 0.3) is 0 Å². The van der Waals surface area contributed by atoms with Gasteiger partial charge in [0.25, 0.3) is 0 Å². The molecule has 0 aromatic rings.